The lowest BCUT2D eigenvalue weighted by atomic mass is 9.83. The summed E-state index contributed by atoms with van der Waals surface area (Å²) in [6.45, 7) is 2.01. The van der Waals surface area contributed by atoms with Crippen LogP contribution in [0.2, 0.25) is 0 Å². The van der Waals surface area contributed by atoms with Gasteiger partial charge in [0.15, 0.2) is 0 Å². The highest BCUT2D eigenvalue weighted by molar-refractivity contribution is 5.56. The minimum atomic E-state index is -0.665. The number of ether oxygens (including phenoxy) is 2. The number of hydrogen-bond donors (Lipinski definition) is 2. The van der Waals surface area contributed by atoms with Gasteiger partial charge in [0, 0.05) is 21.9 Å². The first-order chi connectivity index (χ1) is 14.4. The van der Waals surface area contributed by atoms with Gasteiger partial charge in [-0.05, 0) is 29.5 Å². The van der Waals surface area contributed by atoms with Gasteiger partial charge in [0.05, 0.1) is 19.6 Å². The maximum Gasteiger partial charge on any atom is 0.490 e. The Morgan fingerprint density at radius 1 is 1.50 bits per heavy atom. The average Bonchev–Trinajstić information content (AvgIpc) is 3.34. The van der Waals surface area contributed by atoms with Crippen molar-refractivity contribution in [3.05, 3.63) is 68.5 Å². The SMILES string of the molecule is COc1ccc([C@@H]2C(C#N)=C(N)Oc3n[nH]c(C)c32)cc1Cn1cnc([N+](=O)[O-])n1. The van der Waals surface area contributed by atoms with Crippen molar-refractivity contribution in [2.24, 2.45) is 5.73 Å². The maximum atomic E-state index is 10.8. The van der Waals surface area contributed by atoms with Gasteiger partial charge in [-0.1, -0.05) is 11.1 Å². The number of H-pyrrole nitrogens is 1. The molecule has 152 valence electrons. The molecule has 1 aliphatic rings. The smallest absolute Gasteiger partial charge is 0.490 e. The fourth-order valence-electron chi connectivity index (χ4n) is 3.45. The lowest BCUT2D eigenvalue weighted by molar-refractivity contribution is -0.394. The van der Waals surface area contributed by atoms with Gasteiger partial charge in [-0.3, -0.25) is 5.10 Å². The topological polar surface area (TPSA) is 171 Å². The van der Waals surface area contributed by atoms with E-state index in [1.165, 1.54) is 18.1 Å². The van der Waals surface area contributed by atoms with E-state index in [4.69, 9.17) is 15.2 Å². The molecule has 30 heavy (non-hydrogen) atoms. The number of aryl methyl sites for hydroxylation is 1. The number of nitro groups is 1. The van der Waals surface area contributed by atoms with Crippen LogP contribution in [0.15, 0.2) is 36.0 Å². The second-order valence-corrected chi connectivity index (χ2v) is 6.56. The standard InChI is InChI=1S/C18H16N8O4/c1-9-14-15(12(6-19)16(20)30-17(14)23-22-9)10-3-4-13(29-2)11(5-10)7-25-8-21-18(24-25)26(27)28/h3-5,8,15H,7,20H2,1-2H3,(H,22,23)/t15-/m1/s1. The second kappa shape index (κ2) is 7.21. The van der Waals surface area contributed by atoms with Gasteiger partial charge in [-0.25, -0.2) is 0 Å². The van der Waals surface area contributed by atoms with E-state index in [1.54, 1.807) is 6.07 Å². The third kappa shape index (κ3) is 3.08. The second-order valence-electron chi connectivity index (χ2n) is 6.56. The zero-order valence-electron chi connectivity index (χ0n) is 16.0. The number of methoxy groups -OCH3 is 1. The van der Waals surface area contributed by atoms with Crippen LogP contribution < -0.4 is 15.2 Å². The molecule has 1 atom stereocenters. The first kappa shape index (κ1) is 18.9. The molecule has 2 aromatic heterocycles. The van der Waals surface area contributed by atoms with Crippen LogP contribution in [0.3, 0.4) is 0 Å². The lowest BCUT2D eigenvalue weighted by Crippen LogP contribution is -2.21. The molecule has 0 saturated heterocycles. The average molecular weight is 408 g/mol. The highest BCUT2D eigenvalue weighted by Gasteiger charge is 2.34. The molecular formula is C18H16N8O4. The van der Waals surface area contributed by atoms with E-state index in [0.29, 0.717) is 22.8 Å². The number of aromatic nitrogens is 5. The molecule has 0 amide bonds. The number of nitrogens with zero attached hydrogens (tertiary/aromatic N) is 6. The van der Waals surface area contributed by atoms with E-state index < -0.39 is 16.8 Å². The Kier molecular flexibility index (Phi) is 4.55. The predicted octanol–water partition coefficient (Wildman–Crippen LogP) is 1.49. The zero-order chi connectivity index (χ0) is 21.4. The Labute approximate surface area is 169 Å². The molecule has 0 aliphatic carbocycles. The van der Waals surface area contributed by atoms with Crippen LogP contribution in [0.5, 0.6) is 11.6 Å². The molecular weight excluding hydrogens is 392 g/mol. The van der Waals surface area contributed by atoms with Crippen molar-refractivity contribution >= 4 is 5.95 Å². The monoisotopic (exact) mass is 408 g/mol. The summed E-state index contributed by atoms with van der Waals surface area (Å²) < 4.78 is 12.3. The van der Waals surface area contributed by atoms with Gasteiger partial charge >= 0.3 is 5.95 Å². The minimum Gasteiger partial charge on any atom is -0.496 e. The van der Waals surface area contributed by atoms with Gasteiger partial charge in [0.2, 0.25) is 18.1 Å². The quantitative estimate of drug-likeness (QED) is 0.468. The normalized spacial score (nSPS) is 15.3. The molecule has 0 fully saturated rings. The third-order valence-electron chi connectivity index (χ3n) is 4.79. The summed E-state index contributed by atoms with van der Waals surface area (Å²) in [6, 6.07) is 7.54. The Morgan fingerprint density at radius 3 is 2.97 bits per heavy atom. The molecule has 3 aromatic rings. The van der Waals surface area contributed by atoms with Crippen molar-refractivity contribution in [3.63, 3.8) is 0 Å². The number of hydrogen-bond acceptors (Lipinski definition) is 9. The summed E-state index contributed by atoms with van der Waals surface area (Å²) in [4.78, 5) is 13.8. The van der Waals surface area contributed by atoms with Crippen LogP contribution in [0, 0.1) is 28.4 Å². The van der Waals surface area contributed by atoms with Gasteiger partial charge in [-0.15, -0.1) is 5.10 Å². The van der Waals surface area contributed by atoms with Crippen molar-refractivity contribution in [2.75, 3.05) is 7.11 Å². The minimum absolute atomic E-state index is 0.00855. The van der Waals surface area contributed by atoms with Gasteiger partial charge in [0.25, 0.3) is 0 Å². The number of allylic oxidation sites excluding steroid dienone is 1. The molecule has 1 aliphatic heterocycles. The number of nitriles is 1. The molecule has 0 unspecified atom stereocenters. The van der Waals surface area contributed by atoms with Crippen LogP contribution in [-0.4, -0.2) is 37.0 Å². The van der Waals surface area contributed by atoms with Crippen LogP contribution in [-0.2, 0) is 6.54 Å². The van der Waals surface area contributed by atoms with E-state index in [1.807, 2.05) is 19.1 Å². The Hall–Kier alpha value is -4.40. The Morgan fingerprint density at radius 2 is 2.30 bits per heavy atom. The van der Waals surface area contributed by atoms with Crippen molar-refractivity contribution in [1.29, 1.82) is 5.26 Å². The van der Waals surface area contributed by atoms with E-state index in [2.05, 4.69) is 26.3 Å². The number of rotatable bonds is 5. The summed E-state index contributed by atoms with van der Waals surface area (Å²) in [5.41, 5.74) is 9.14. The number of aromatic amines is 1. The van der Waals surface area contributed by atoms with Crippen molar-refractivity contribution in [3.8, 4) is 17.7 Å². The number of nitrogens with two attached hydrogens (primary N) is 1. The van der Waals surface area contributed by atoms with Crippen LogP contribution in [0.4, 0.5) is 5.95 Å². The van der Waals surface area contributed by atoms with Crippen molar-refractivity contribution in [1.82, 2.24) is 25.0 Å². The van der Waals surface area contributed by atoms with Gasteiger partial charge < -0.3 is 25.3 Å². The lowest BCUT2D eigenvalue weighted by Gasteiger charge is -2.24. The Balaban J connectivity index is 1.80. The van der Waals surface area contributed by atoms with Crippen LogP contribution in [0.1, 0.15) is 28.3 Å². The van der Waals surface area contributed by atoms with Gasteiger partial charge in [0.1, 0.15) is 17.4 Å². The number of benzene rings is 1. The fraction of sp³-hybridized carbons (Fsp3) is 0.222. The highest BCUT2D eigenvalue weighted by atomic mass is 16.6. The molecule has 0 radical (unpaired) electrons. The maximum absolute atomic E-state index is 10.8. The number of fused-ring (bicyclic) bond motifs is 1. The molecule has 3 N–H and O–H groups in total. The predicted molar refractivity (Wildman–Crippen MR) is 101 cm³/mol. The summed E-state index contributed by atoms with van der Waals surface area (Å²) in [6.07, 6.45) is 1.27. The van der Waals surface area contributed by atoms with Gasteiger partial charge in [-0.2, -0.15) is 9.94 Å². The van der Waals surface area contributed by atoms with E-state index in [-0.39, 0.29) is 18.0 Å². The highest BCUT2D eigenvalue weighted by Crippen LogP contribution is 2.43. The molecule has 0 bridgehead atoms. The van der Waals surface area contributed by atoms with E-state index >= 15 is 0 Å². The third-order valence-corrected chi connectivity index (χ3v) is 4.79. The summed E-state index contributed by atoms with van der Waals surface area (Å²) >= 11 is 0. The summed E-state index contributed by atoms with van der Waals surface area (Å²) in [5.74, 6) is -0.115. The molecule has 0 saturated carbocycles. The molecule has 1 aromatic carbocycles. The summed E-state index contributed by atoms with van der Waals surface area (Å²) in [5, 5.41) is 31.4. The van der Waals surface area contributed by atoms with E-state index in [9.17, 15) is 15.4 Å². The van der Waals surface area contributed by atoms with E-state index in [0.717, 1.165) is 11.3 Å². The van der Waals surface area contributed by atoms with Crippen molar-refractivity contribution in [2.45, 2.75) is 19.4 Å². The largest absolute Gasteiger partial charge is 0.496 e. The van der Waals surface area contributed by atoms with Crippen LogP contribution in [0.25, 0.3) is 0 Å². The fourth-order valence-corrected chi connectivity index (χ4v) is 3.45. The molecule has 12 nitrogen and oxygen atoms in total. The zero-order valence-corrected chi connectivity index (χ0v) is 16.0. The number of nitrogens with one attached hydrogen (secondary N) is 1. The first-order valence-corrected chi connectivity index (χ1v) is 8.76. The molecule has 4 rings (SSSR count). The Bertz CT molecular complexity index is 1220. The van der Waals surface area contributed by atoms with Crippen molar-refractivity contribution < 1.29 is 14.4 Å². The molecule has 3 heterocycles. The summed E-state index contributed by atoms with van der Waals surface area (Å²) in [7, 11) is 1.52. The molecule has 12 heteroatoms. The first-order valence-electron chi connectivity index (χ1n) is 8.76. The molecule has 0 spiro atoms. The van der Waals surface area contributed by atoms with Crippen LogP contribution >= 0.6 is 0 Å².